The molecule has 1 atom stereocenters. The Morgan fingerprint density at radius 2 is 2.15 bits per heavy atom. The maximum Gasteiger partial charge on any atom is 0.194 e. The first-order chi connectivity index (χ1) is 12.1. The summed E-state index contributed by atoms with van der Waals surface area (Å²) >= 11 is 0. The molecule has 2 heterocycles. The second kappa shape index (κ2) is 12.6. The number of guanidine groups is 1. The number of aromatic nitrogens is 1. The van der Waals surface area contributed by atoms with Crippen LogP contribution in [0, 0.1) is 0 Å². The number of hydrogen-bond acceptors (Lipinski definition) is 2. The summed E-state index contributed by atoms with van der Waals surface area (Å²) in [5, 5.41) is 3.42. The molecule has 1 aliphatic heterocycles. The molecule has 0 amide bonds. The lowest BCUT2D eigenvalue weighted by molar-refractivity contribution is 0.158. The van der Waals surface area contributed by atoms with Gasteiger partial charge in [0.15, 0.2) is 5.96 Å². The number of hydrogen-bond donors (Lipinski definition) is 1. The Kier molecular flexibility index (Phi) is 11.3. The zero-order valence-corrected chi connectivity index (χ0v) is 19.4. The molecule has 1 saturated heterocycles. The normalized spacial score (nSPS) is 18.5. The molecule has 0 radical (unpaired) electrons. The highest BCUT2D eigenvalue weighted by molar-refractivity contribution is 14.0. The summed E-state index contributed by atoms with van der Waals surface area (Å²) in [6, 6.07) is 5.03. The standard InChI is InChI=1S/C20H37N5.HI/c1-5-21-20(24(4)17-19-12-10-14-23(19)3)22-13-7-9-16-25-15-8-6-11-18(25)2;/h10,12,14,18H,5-9,11,13,15-17H2,1-4H3,(H,21,22);1H. The lowest BCUT2D eigenvalue weighted by Crippen LogP contribution is -2.39. The van der Waals surface area contributed by atoms with Crippen LogP contribution in [0.2, 0.25) is 0 Å². The number of piperidine rings is 1. The van der Waals surface area contributed by atoms with Crippen molar-refractivity contribution < 1.29 is 0 Å². The Morgan fingerprint density at radius 3 is 2.81 bits per heavy atom. The van der Waals surface area contributed by atoms with Crippen molar-refractivity contribution in [2.75, 3.05) is 33.2 Å². The monoisotopic (exact) mass is 475 g/mol. The van der Waals surface area contributed by atoms with Crippen LogP contribution < -0.4 is 5.32 Å². The Morgan fingerprint density at radius 1 is 1.35 bits per heavy atom. The van der Waals surface area contributed by atoms with E-state index < -0.39 is 0 Å². The van der Waals surface area contributed by atoms with E-state index in [2.05, 4.69) is 66.0 Å². The van der Waals surface area contributed by atoms with E-state index in [1.807, 2.05) is 0 Å². The predicted molar refractivity (Wildman–Crippen MR) is 122 cm³/mol. The van der Waals surface area contributed by atoms with Gasteiger partial charge in [0.2, 0.25) is 0 Å². The molecular formula is C20H38IN5. The molecular weight excluding hydrogens is 437 g/mol. The molecule has 0 aromatic carbocycles. The fourth-order valence-electron chi connectivity index (χ4n) is 3.55. The largest absolute Gasteiger partial charge is 0.357 e. The van der Waals surface area contributed by atoms with Crippen LogP contribution in [0.3, 0.4) is 0 Å². The summed E-state index contributed by atoms with van der Waals surface area (Å²) in [4.78, 5) is 9.70. The van der Waals surface area contributed by atoms with Gasteiger partial charge in [-0.1, -0.05) is 6.42 Å². The van der Waals surface area contributed by atoms with Gasteiger partial charge in [-0.3, -0.25) is 4.99 Å². The van der Waals surface area contributed by atoms with Gasteiger partial charge in [-0.25, -0.2) is 0 Å². The van der Waals surface area contributed by atoms with Crippen LogP contribution in [0.5, 0.6) is 0 Å². The molecule has 6 heteroatoms. The molecule has 1 fully saturated rings. The lowest BCUT2D eigenvalue weighted by atomic mass is 10.0. The van der Waals surface area contributed by atoms with E-state index in [1.165, 1.54) is 44.5 Å². The zero-order chi connectivity index (χ0) is 18.1. The molecule has 150 valence electrons. The van der Waals surface area contributed by atoms with E-state index in [0.717, 1.165) is 38.1 Å². The van der Waals surface area contributed by atoms with Crippen molar-refractivity contribution >= 4 is 29.9 Å². The van der Waals surface area contributed by atoms with E-state index in [-0.39, 0.29) is 24.0 Å². The second-order valence-electron chi connectivity index (χ2n) is 7.29. The Labute approximate surface area is 177 Å². The summed E-state index contributed by atoms with van der Waals surface area (Å²) in [5.74, 6) is 1.01. The van der Waals surface area contributed by atoms with Crippen molar-refractivity contribution in [1.82, 2.24) is 19.7 Å². The maximum absolute atomic E-state index is 4.83. The van der Waals surface area contributed by atoms with Crippen LogP contribution in [-0.4, -0.2) is 59.6 Å². The van der Waals surface area contributed by atoms with E-state index in [1.54, 1.807) is 0 Å². The van der Waals surface area contributed by atoms with Crippen LogP contribution in [0.15, 0.2) is 23.3 Å². The van der Waals surface area contributed by atoms with Crippen LogP contribution in [0.25, 0.3) is 0 Å². The molecule has 5 nitrogen and oxygen atoms in total. The van der Waals surface area contributed by atoms with Crippen LogP contribution in [0.1, 0.15) is 51.6 Å². The minimum atomic E-state index is 0. The third-order valence-corrected chi connectivity index (χ3v) is 5.20. The average molecular weight is 475 g/mol. The number of nitrogens with one attached hydrogen (secondary N) is 1. The van der Waals surface area contributed by atoms with Gasteiger partial charge in [-0.05, 0) is 64.8 Å². The molecule has 1 aromatic heterocycles. The van der Waals surface area contributed by atoms with Crippen molar-refractivity contribution in [3.63, 3.8) is 0 Å². The summed E-state index contributed by atoms with van der Waals surface area (Å²) in [6.45, 7) is 9.70. The third-order valence-electron chi connectivity index (χ3n) is 5.20. The molecule has 26 heavy (non-hydrogen) atoms. The minimum Gasteiger partial charge on any atom is -0.357 e. The third kappa shape index (κ3) is 7.47. The van der Waals surface area contributed by atoms with E-state index in [0.29, 0.717) is 0 Å². The highest BCUT2D eigenvalue weighted by Gasteiger charge is 2.17. The van der Waals surface area contributed by atoms with Crippen LogP contribution in [-0.2, 0) is 13.6 Å². The molecule has 0 spiro atoms. The Bertz CT molecular complexity index is 528. The summed E-state index contributed by atoms with van der Waals surface area (Å²) in [5.41, 5.74) is 1.30. The van der Waals surface area contributed by atoms with Crippen molar-refractivity contribution in [1.29, 1.82) is 0 Å². The van der Waals surface area contributed by atoms with Crippen LogP contribution >= 0.6 is 24.0 Å². The second-order valence-corrected chi connectivity index (χ2v) is 7.29. The molecule has 0 saturated carbocycles. The SMILES string of the molecule is CCNC(=NCCCCN1CCCCC1C)N(C)Cc1cccn1C.I. The number of halogens is 1. The number of aliphatic imine (C=N–C) groups is 1. The van der Waals surface area contributed by atoms with Gasteiger partial charge in [0.25, 0.3) is 0 Å². The summed E-state index contributed by atoms with van der Waals surface area (Å²) in [7, 11) is 4.21. The first-order valence-corrected chi connectivity index (χ1v) is 9.95. The molecule has 1 N–H and O–H groups in total. The number of rotatable bonds is 8. The number of aryl methyl sites for hydroxylation is 1. The summed E-state index contributed by atoms with van der Waals surface area (Å²) < 4.78 is 2.17. The van der Waals surface area contributed by atoms with Gasteiger partial charge < -0.3 is 19.7 Å². The molecule has 2 rings (SSSR count). The van der Waals surface area contributed by atoms with Gasteiger partial charge in [0.1, 0.15) is 0 Å². The first-order valence-electron chi connectivity index (χ1n) is 9.95. The first kappa shape index (κ1) is 23.3. The van der Waals surface area contributed by atoms with E-state index in [4.69, 9.17) is 4.99 Å². The van der Waals surface area contributed by atoms with Crippen LogP contribution in [0.4, 0.5) is 0 Å². The van der Waals surface area contributed by atoms with Gasteiger partial charge >= 0.3 is 0 Å². The van der Waals surface area contributed by atoms with E-state index in [9.17, 15) is 0 Å². The number of nitrogens with zero attached hydrogens (tertiary/aromatic N) is 4. The maximum atomic E-state index is 4.83. The smallest absolute Gasteiger partial charge is 0.194 e. The van der Waals surface area contributed by atoms with E-state index >= 15 is 0 Å². The topological polar surface area (TPSA) is 35.8 Å². The summed E-state index contributed by atoms with van der Waals surface area (Å²) in [6.07, 6.45) is 8.64. The molecule has 1 unspecified atom stereocenters. The average Bonchev–Trinajstić information content (AvgIpc) is 3.00. The molecule has 0 bridgehead atoms. The number of unbranched alkanes of at least 4 members (excludes halogenated alkanes) is 1. The highest BCUT2D eigenvalue weighted by Crippen LogP contribution is 2.16. The molecule has 0 aliphatic carbocycles. The fraction of sp³-hybridized carbons (Fsp3) is 0.750. The minimum absolute atomic E-state index is 0. The van der Waals surface area contributed by atoms with Crippen molar-refractivity contribution in [2.24, 2.45) is 12.0 Å². The molecule has 1 aromatic rings. The highest BCUT2D eigenvalue weighted by atomic mass is 127. The Hall–Kier alpha value is -0.760. The van der Waals surface area contributed by atoms with Crippen molar-refractivity contribution in [3.8, 4) is 0 Å². The lowest BCUT2D eigenvalue weighted by Gasteiger charge is -2.33. The quantitative estimate of drug-likeness (QED) is 0.270. The predicted octanol–water partition coefficient (Wildman–Crippen LogP) is 3.70. The fourth-order valence-corrected chi connectivity index (χ4v) is 3.55. The molecule has 1 aliphatic rings. The number of likely N-dealkylation sites (tertiary alicyclic amines) is 1. The van der Waals surface area contributed by atoms with Gasteiger partial charge in [0.05, 0.1) is 6.54 Å². The Balaban J connectivity index is 0.00000338. The van der Waals surface area contributed by atoms with Crippen molar-refractivity contribution in [2.45, 2.75) is 58.5 Å². The zero-order valence-electron chi connectivity index (χ0n) is 17.1. The van der Waals surface area contributed by atoms with Gasteiger partial charge in [0, 0.05) is 45.1 Å². The van der Waals surface area contributed by atoms with Crippen molar-refractivity contribution in [3.05, 3.63) is 24.0 Å². The van der Waals surface area contributed by atoms with Gasteiger partial charge in [-0.2, -0.15) is 0 Å². The van der Waals surface area contributed by atoms with Gasteiger partial charge in [-0.15, -0.1) is 24.0 Å².